The van der Waals surface area contributed by atoms with Gasteiger partial charge in [-0.15, -0.1) is 23.2 Å². The van der Waals surface area contributed by atoms with E-state index in [9.17, 15) is 0 Å². The van der Waals surface area contributed by atoms with Gasteiger partial charge in [0.25, 0.3) is 0 Å². The Morgan fingerprint density at radius 3 is 1.61 bits per heavy atom. The molecular weight excluding hydrogens is 263 g/mol. The van der Waals surface area contributed by atoms with Gasteiger partial charge in [0.2, 0.25) is 0 Å². The number of halogens is 2. The first-order valence-corrected chi connectivity index (χ1v) is 6.88. The number of benzene rings is 2. The Morgan fingerprint density at radius 2 is 1.28 bits per heavy atom. The lowest BCUT2D eigenvalue weighted by molar-refractivity contribution is 0.639. The summed E-state index contributed by atoms with van der Waals surface area (Å²) in [4.78, 5) is -0.552. The summed E-state index contributed by atoms with van der Waals surface area (Å²) in [6.07, 6.45) is 0.699. The average Bonchev–Trinajstić information content (AvgIpc) is 2.40. The van der Waals surface area contributed by atoms with Crippen molar-refractivity contribution in [1.29, 1.82) is 0 Å². The third-order valence-electron chi connectivity index (χ3n) is 3.03. The van der Waals surface area contributed by atoms with Gasteiger partial charge in [-0.3, -0.25) is 0 Å². The van der Waals surface area contributed by atoms with E-state index in [1.807, 2.05) is 43.3 Å². The van der Waals surface area contributed by atoms with Crippen molar-refractivity contribution in [3.63, 3.8) is 0 Å². The van der Waals surface area contributed by atoms with E-state index >= 15 is 0 Å². The molecule has 0 saturated carbocycles. The number of hydrogen-bond acceptors (Lipinski definition) is 0. The normalized spacial score (nSPS) is 13.3. The summed E-state index contributed by atoms with van der Waals surface area (Å²) in [5.41, 5.74) is 2.18. The summed E-state index contributed by atoms with van der Waals surface area (Å²) in [5.74, 6) is 0. The summed E-state index contributed by atoms with van der Waals surface area (Å²) in [6.45, 7) is 1.98. The largest absolute Gasteiger partial charge is 0.123 e. The second-order valence-corrected chi connectivity index (χ2v) is 5.91. The molecule has 0 aromatic heterocycles. The molecule has 0 aliphatic carbocycles. The highest BCUT2D eigenvalue weighted by molar-refractivity contribution is 6.27. The number of hydrogen-bond donors (Lipinski definition) is 0. The van der Waals surface area contributed by atoms with Gasteiger partial charge in [-0.25, -0.2) is 0 Å². The van der Waals surface area contributed by atoms with E-state index in [1.165, 1.54) is 0 Å². The van der Waals surface area contributed by atoms with Gasteiger partial charge >= 0.3 is 0 Å². The molecule has 0 heterocycles. The van der Waals surface area contributed by atoms with Crippen LogP contribution in [-0.2, 0) is 4.87 Å². The van der Waals surface area contributed by atoms with Gasteiger partial charge in [0, 0.05) is 5.38 Å². The Balaban J connectivity index is 2.48. The van der Waals surface area contributed by atoms with Gasteiger partial charge < -0.3 is 0 Å². The van der Waals surface area contributed by atoms with Crippen LogP contribution in [0.5, 0.6) is 0 Å². The molecule has 2 aromatic rings. The first-order valence-electron chi connectivity index (χ1n) is 6.07. The summed E-state index contributed by atoms with van der Waals surface area (Å²) >= 11 is 13.1. The number of alkyl halides is 2. The molecule has 0 fully saturated rings. The second-order valence-electron chi connectivity index (χ2n) is 4.52. The lowest BCUT2D eigenvalue weighted by atomic mass is 9.86. The first kappa shape index (κ1) is 13.5. The molecule has 0 amide bonds. The van der Waals surface area contributed by atoms with Crippen LogP contribution in [0.15, 0.2) is 60.7 Å². The summed E-state index contributed by atoms with van der Waals surface area (Å²) in [7, 11) is 0. The second kappa shape index (κ2) is 5.77. The Labute approximate surface area is 119 Å². The molecule has 1 atom stereocenters. The predicted octanol–water partition coefficient (Wildman–Crippen LogP) is 5.19. The molecule has 0 bridgehead atoms. The van der Waals surface area contributed by atoms with E-state index in [2.05, 4.69) is 24.3 Å². The van der Waals surface area contributed by atoms with Crippen molar-refractivity contribution in [3.05, 3.63) is 71.8 Å². The van der Waals surface area contributed by atoms with Gasteiger partial charge in [0.15, 0.2) is 0 Å². The van der Waals surface area contributed by atoms with Crippen LogP contribution >= 0.6 is 23.2 Å². The maximum Gasteiger partial charge on any atom is 0.0958 e. The molecule has 0 aliphatic rings. The van der Waals surface area contributed by atoms with Crippen molar-refractivity contribution in [2.75, 3.05) is 0 Å². The Hall–Kier alpha value is -0.980. The quantitative estimate of drug-likeness (QED) is 0.676. The van der Waals surface area contributed by atoms with Crippen LogP contribution in [0.1, 0.15) is 24.5 Å². The lowest BCUT2D eigenvalue weighted by Crippen LogP contribution is -2.23. The topological polar surface area (TPSA) is 0 Å². The van der Waals surface area contributed by atoms with Gasteiger partial charge in [-0.05, 0) is 24.5 Å². The van der Waals surface area contributed by atoms with Crippen LogP contribution in [0.3, 0.4) is 0 Å². The Kier molecular flexibility index (Phi) is 4.31. The van der Waals surface area contributed by atoms with Crippen molar-refractivity contribution in [2.24, 2.45) is 0 Å². The van der Waals surface area contributed by atoms with Gasteiger partial charge in [-0.2, -0.15) is 0 Å². The van der Waals surface area contributed by atoms with Crippen LogP contribution in [0.4, 0.5) is 0 Å². The van der Waals surface area contributed by atoms with E-state index in [0.29, 0.717) is 6.42 Å². The van der Waals surface area contributed by atoms with Crippen molar-refractivity contribution in [2.45, 2.75) is 23.6 Å². The fourth-order valence-electron chi connectivity index (χ4n) is 2.19. The van der Waals surface area contributed by atoms with Gasteiger partial charge in [-0.1, -0.05) is 60.7 Å². The highest BCUT2D eigenvalue weighted by Gasteiger charge is 2.32. The molecule has 0 nitrogen and oxygen atoms in total. The SMILES string of the molecule is CC(Cl)CC(Cl)(c1ccccc1)c1ccccc1. The molecule has 94 valence electrons. The molecule has 2 rings (SSSR count). The minimum atomic E-state index is -0.552. The fourth-order valence-corrected chi connectivity index (χ4v) is 2.99. The average molecular weight is 279 g/mol. The molecule has 2 heteroatoms. The fraction of sp³-hybridized carbons (Fsp3) is 0.250. The monoisotopic (exact) mass is 278 g/mol. The van der Waals surface area contributed by atoms with E-state index in [4.69, 9.17) is 23.2 Å². The minimum absolute atomic E-state index is 0.0166. The molecule has 2 aromatic carbocycles. The van der Waals surface area contributed by atoms with E-state index < -0.39 is 4.87 Å². The van der Waals surface area contributed by atoms with Crippen LogP contribution in [0.25, 0.3) is 0 Å². The van der Waals surface area contributed by atoms with E-state index in [1.54, 1.807) is 0 Å². The van der Waals surface area contributed by atoms with Crippen molar-refractivity contribution in [1.82, 2.24) is 0 Å². The van der Waals surface area contributed by atoms with E-state index in [0.717, 1.165) is 11.1 Å². The minimum Gasteiger partial charge on any atom is -0.123 e. The summed E-state index contributed by atoms with van der Waals surface area (Å²) in [5, 5.41) is 0.0166. The zero-order valence-electron chi connectivity index (χ0n) is 10.3. The molecular formula is C16H16Cl2. The summed E-state index contributed by atoms with van der Waals surface area (Å²) < 4.78 is 0. The number of rotatable bonds is 4. The molecule has 0 spiro atoms. The van der Waals surface area contributed by atoms with Crippen molar-refractivity contribution < 1.29 is 0 Å². The zero-order chi connectivity index (χ0) is 13.0. The first-order chi connectivity index (χ1) is 8.63. The Bertz CT molecular complexity index is 437. The third kappa shape index (κ3) is 2.88. The highest BCUT2D eigenvalue weighted by atomic mass is 35.5. The molecule has 1 unspecified atom stereocenters. The standard InChI is InChI=1S/C16H16Cl2/c1-13(17)12-16(18,14-8-4-2-5-9-14)15-10-6-3-7-11-15/h2-11,13H,12H2,1H3. The Morgan fingerprint density at radius 1 is 0.889 bits per heavy atom. The predicted molar refractivity (Wildman–Crippen MR) is 79.4 cm³/mol. The van der Waals surface area contributed by atoms with Crippen LogP contribution in [0, 0.1) is 0 Å². The molecule has 0 saturated heterocycles. The smallest absolute Gasteiger partial charge is 0.0958 e. The maximum absolute atomic E-state index is 6.90. The molecule has 0 N–H and O–H groups in total. The van der Waals surface area contributed by atoms with Crippen LogP contribution < -0.4 is 0 Å². The van der Waals surface area contributed by atoms with Crippen molar-refractivity contribution >= 4 is 23.2 Å². The van der Waals surface area contributed by atoms with Gasteiger partial charge in [0.1, 0.15) is 0 Å². The van der Waals surface area contributed by atoms with Crippen LogP contribution in [0.2, 0.25) is 0 Å². The maximum atomic E-state index is 6.90. The lowest BCUT2D eigenvalue weighted by Gasteiger charge is -2.29. The van der Waals surface area contributed by atoms with Gasteiger partial charge in [0.05, 0.1) is 4.87 Å². The van der Waals surface area contributed by atoms with Crippen molar-refractivity contribution in [3.8, 4) is 0 Å². The van der Waals surface area contributed by atoms with Crippen LogP contribution in [-0.4, -0.2) is 5.38 Å². The third-order valence-corrected chi connectivity index (χ3v) is 3.77. The molecule has 0 aliphatic heterocycles. The molecule has 18 heavy (non-hydrogen) atoms. The zero-order valence-corrected chi connectivity index (χ0v) is 11.8. The van der Waals surface area contributed by atoms with E-state index in [-0.39, 0.29) is 5.38 Å². The summed E-state index contributed by atoms with van der Waals surface area (Å²) in [6, 6.07) is 20.2. The molecule has 0 radical (unpaired) electrons. The highest BCUT2D eigenvalue weighted by Crippen LogP contribution is 2.41.